The molecule has 0 amide bonds. The minimum atomic E-state index is 0.699. The van der Waals surface area contributed by atoms with Gasteiger partial charge in [0.25, 0.3) is 0 Å². The Bertz CT molecular complexity index is 817. The Balaban J connectivity index is 1.44. The Morgan fingerprint density at radius 2 is 1.56 bits per heavy atom. The molecule has 1 aromatic carbocycles. The Kier molecular flexibility index (Phi) is 5.07. The van der Waals surface area contributed by atoms with E-state index >= 15 is 0 Å². The molecule has 0 saturated carbocycles. The van der Waals surface area contributed by atoms with Gasteiger partial charge >= 0.3 is 0 Å². The second-order valence-corrected chi connectivity index (χ2v) is 6.90. The SMILES string of the molecule is Cc1cc(N2CCN(c3ccc(C#N)cc3)CC2)nc(N2CCOCC2)n1. The number of piperazine rings is 1. The lowest BCUT2D eigenvalue weighted by Gasteiger charge is -2.37. The minimum absolute atomic E-state index is 0.699. The molecule has 7 nitrogen and oxygen atoms in total. The van der Waals surface area contributed by atoms with Gasteiger partial charge in [-0.25, -0.2) is 4.98 Å². The number of morpholine rings is 1. The molecule has 0 atom stereocenters. The molecule has 27 heavy (non-hydrogen) atoms. The lowest BCUT2D eigenvalue weighted by atomic mass is 10.2. The molecular weight excluding hydrogens is 340 g/mol. The molecule has 1 aromatic heterocycles. The number of ether oxygens (including phenoxy) is 1. The fourth-order valence-corrected chi connectivity index (χ4v) is 3.54. The quantitative estimate of drug-likeness (QED) is 0.823. The van der Waals surface area contributed by atoms with Gasteiger partial charge in [0.05, 0.1) is 24.8 Å². The first-order chi connectivity index (χ1) is 13.2. The van der Waals surface area contributed by atoms with Crippen LogP contribution in [0.25, 0.3) is 0 Å². The lowest BCUT2D eigenvalue weighted by molar-refractivity contribution is 0.122. The molecule has 140 valence electrons. The van der Waals surface area contributed by atoms with Crippen LogP contribution in [0.5, 0.6) is 0 Å². The van der Waals surface area contributed by atoms with Gasteiger partial charge in [-0.05, 0) is 31.2 Å². The molecule has 0 bridgehead atoms. The monoisotopic (exact) mass is 364 g/mol. The summed E-state index contributed by atoms with van der Waals surface area (Å²) in [6.07, 6.45) is 0. The fourth-order valence-electron chi connectivity index (χ4n) is 3.54. The molecule has 2 aliphatic rings. The Morgan fingerprint density at radius 1 is 0.889 bits per heavy atom. The van der Waals surface area contributed by atoms with E-state index in [1.54, 1.807) is 0 Å². The zero-order chi connectivity index (χ0) is 18.6. The van der Waals surface area contributed by atoms with Crippen molar-refractivity contribution in [2.75, 3.05) is 67.2 Å². The van der Waals surface area contributed by atoms with E-state index in [1.165, 1.54) is 5.69 Å². The van der Waals surface area contributed by atoms with Crippen molar-refractivity contribution in [3.8, 4) is 6.07 Å². The Morgan fingerprint density at radius 3 is 2.22 bits per heavy atom. The van der Waals surface area contributed by atoms with Crippen LogP contribution in [0.15, 0.2) is 30.3 Å². The highest BCUT2D eigenvalue weighted by Crippen LogP contribution is 2.22. The zero-order valence-corrected chi connectivity index (χ0v) is 15.6. The van der Waals surface area contributed by atoms with E-state index in [9.17, 15) is 0 Å². The number of aromatic nitrogens is 2. The van der Waals surface area contributed by atoms with Crippen molar-refractivity contribution >= 4 is 17.5 Å². The van der Waals surface area contributed by atoms with Crippen molar-refractivity contribution in [3.05, 3.63) is 41.6 Å². The van der Waals surface area contributed by atoms with E-state index in [0.29, 0.717) is 5.56 Å². The predicted octanol–water partition coefficient (Wildman–Crippen LogP) is 1.82. The maximum Gasteiger partial charge on any atom is 0.227 e. The zero-order valence-electron chi connectivity index (χ0n) is 15.6. The second-order valence-electron chi connectivity index (χ2n) is 6.90. The van der Waals surface area contributed by atoms with Gasteiger partial charge in [-0.15, -0.1) is 0 Å². The van der Waals surface area contributed by atoms with Gasteiger partial charge in [0.2, 0.25) is 5.95 Å². The van der Waals surface area contributed by atoms with Gasteiger partial charge in [0.15, 0.2) is 0 Å². The summed E-state index contributed by atoms with van der Waals surface area (Å²) in [4.78, 5) is 16.3. The summed E-state index contributed by atoms with van der Waals surface area (Å²) in [6, 6.07) is 12.1. The molecule has 0 unspecified atom stereocenters. The first kappa shape index (κ1) is 17.6. The number of nitrogens with zero attached hydrogens (tertiary/aromatic N) is 6. The van der Waals surface area contributed by atoms with Crippen molar-refractivity contribution in [1.82, 2.24) is 9.97 Å². The van der Waals surface area contributed by atoms with Crippen LogP contribution in [-0.4, -0.2) is 62.5 Å². The molecule has 0 aliphatic carbocycles. The van der Waals surface area contributed by atoms with Crippen molar-refractivity contribution in [1.29, 1.82) is 5.26 Å². The van der Waals surface area contributed by atoms with Gasteiger partial charge in [0.1, 0.15) is 5.82 Å². The Hall–Kier alpha value is -2.85. The van der Waals surface area contributed by atoms with Gasteiger partial charge < -0.3 is 19.4 Å². The van der Waals surface area contributed by atoms with Crippen LogP contribution in [0.1, 0.15) is 11.3 Å². The largest absolute Gasteiger partial charge is 0.378 e. The smallest absolute Gasteiger partial charge is 0.227 e. The summed E-state index contributed by atoms with van der Waals surface area (Å²) in [7, 11) is 0. The van der Waals surface area contributed by atoms with E-state index in [1.807, 2.05) is 31.2 Å². The molecule has 2 saturated heterocycles. The molecule has 0 N–H and O–H groups in total. The number of hydrogen-bond donors (Lipinski definition) is 0. The van der Waals surface area contributed by atoms with Crippen molar-refractivity contribution < 1.29 is 4.74 Å². The van der Waals surface area contributed by atoms with Crippen molar-refractivity contribution in [2.45, 2.75) is 6.92 Å². The first-order valence-electron chi connectivity index (χ1n) is 9.41. The van der Waals surface area contributed by atoms with Crippen LogP contribution in [0.3, 0.4) is 0 Å². The topological polar surface area (TPSA) is 68.5 Å². The molecule has 3 heterocycles. The second kappa shape index (κ2) is 7.80. The van der Waals surface area contributed by atoms with E-state index in [0.717, 1.165) is 69.9 Å². The summed E-state index contributed by atoms with van der Waals surface area (Å²) in [6.45, 7) is 8.88. The summed E-state index contributed by atoms with van der Waals surface area (Å²) < 4.78 is 5.44. The normalized spacial score (nSPS) is 17.7. The summed E-state index contributed by atoms with van der Waals surface area (Å²) in [5.41, 5.74) is 2.86. The third-order valence-corrected chi connectivity index (χ3v) is 5.09. The average Bonchev–Trinajstić information content (AvgIpc) is 2.74. The number of benzene rings is 1. The third-order valence-electron chi connectivity index (χ3n) is 5.09. The van der Waals surface area contributed by atoms with Crippen LogP contribution >= 0.6 is 0 Å². The molecule has 4 rings (SSSR count). The van der Waals surface area contributed by atoms with Crippen LogP contribution in [-0.2, 0) is 4.74 Å². The number of nitriles is 1. The maximum atomic E-state index is 8.95. The van der Waals surface area contributed by atoms with Gasteiger partial charge in [0, 0.05) is 56.7 Å². The molecule has 0 radical (unpaired) electrons. The molecule has 7 heteroatoms. The molecule has 0 spiro atoms. The van der Waals surface area contributed by atoms with Gasteiger partial charge in [-0.1, -0.05) is 0 Å². The number of rotatable bonds is 3. The number of hydrogen-bond acceptors (Lipinski definition) is 7. The predicted molar refractivity (Wildman–Crippen MR) is 105 cm³/mol. The van der Waals surface area contributed by atoms with Crippen molar-refractivity contribution in [3.63, 3.8) is 0 Å². The Labute approximate surface area is 159 Å². The highest BCUT2D eigenvalue weighted by Gasteiger charge is 2.21. The van der Waals surface area contributed by atoms with E-state index in [4.69, 9.17) is 15.0 Å². The minimum Gasteiger partial charge on any atom is -0.378 e. The van der Waals surface area contributed by atoms with Crippen molar-refractivity contribution in [2.24, 2.45) is 0 Å². The van der Waals surface area contributed by atoms with Crippen LogP contribution in [0.2, 0.25) is 0 Å². The van der Waals surface area contributed by atoms with E-state index in [-0.39, 0.29) is 0 Å². The molecule has 2 aromatic rings. The van der Waals surface area contributed by atoms with Gasteiger partial charge in [-0.3, -0.25) is 0 Å². The number of anilines is 3. The summed E-state index contributed by atoms with van der Waals surface area (Å²) >= 11 is 0. The molecule has 2 aliphatic heterocycles. The van der Waals surface area contributed by atoms with Crippen LogP contribution < -0.4 is 14.7 Å². The maximum absolute atomic E-state index is 8.95. The third kappa shape index (κ3) is 3.96. The number of aryl methyl sites for hydroxylation is 1. The van der Waals surface area contributed by atoms with Gasteiger partial charge in [-0.2, -0.15) is 10.2 Å². The fraction of sp³-hybridized carbons (Fsp3) is 0.450. The highest BCUT2D eigenvalue weighted by atomic mass is 16.5. The van der Waals surface area contributed by atoms with E-state index in [2.05, 4.69) is 31.8 Å². The average molecular weight is 364 g/mol. The summed E-state index contributed by atoms with van der Waals surface area (Å²) in [5.74, 6) is 1.81. The van der Waals surface area contributed by atoms with E-state index < -0.39 is 0 Å². The molecule has 2 fully saturated rings. The van der Waals surface area contributed by atoms with Crippen LogP contribution in [0.4, 0.5) is 17.5 Å². The highest BCUT2D eigenvalue weighted by molar-refractivity contribution is 5.52. The summed E-state index contributed by atoms with van der Waals surface area (Å²) in [5, 5.41) is 8.95. The first-order valence-corrected chi connectivity index (χ1v) is 9.41. The molecular formula is C20H24N6O. The van der Waals surface area contributed by atoms with Crippen LogP contribution in [0, 0.1) is 18.3 Å². The standard InChI is InChI=1S/C20H24N6O/c1-16-14-19(23-20(22-16)26-10-12-27-13-11-26)25-8-6-24(7-9-25)18-4-2-17(15-21)3-5-18/h2-5,14H,6-13H2,1H3. The lowest BCUT2D eigenvalue weighted by Crippen LogP contribution is -2.47.